The van der Waals surface area contributed by atoms with Gasteiger partial charge < -0.3 is 24.6 Å². The van der Waals surface area contributed by atoms with Gasteiger partial charge in [0, 0.05) is 51.3 Å². The molecular weight excluding hydrogens is 745 g/mol. The summed E-state index contributed by atoms with van der Waals surface area (Å²) in [5.41, 5.74) is 7.54. The van der Waals surface area contributed by atoms with Gasteiger partial charge >= 0.3 is 6.09 Å². The van der Waals surface area contributed by atoms with Gasteiger partial charge in [-0.1, -0.05) is 133 Å². The van der Waals surface area contributed by atoms with Gasteiger partial charge in [0.25, 0.3) is 5.91 Å². The van der Waals surface area contributed by atoms with Crippen LogP contribution >= 0.6 is 0 Å². The SMILES string of the molecule is O=C(NC1CC(=O)N(Cc2ccccc2-c2ccc([C@H]3O[C@@H](CN4CCN(Cc5ccccc5)CC4)C[C@@H](c4ccc(CO)cc4)O3)cc2)C1=O)OCc1ccccc1. The first kappa shape index (κ1) is 40.1. The summed E-state index contributed by atoms with van der Waals surface area (Å²) in [6.07, 6.45) is -1.01. The highest BCUT2D eigenvalue weighted by Crippen LogP contribution is 2.39. The quantitative estimate of drug-likeness (QED) is 0.125. The number of carbonyl (C=O) groups is 3. The maximum Gasteiger partial charge on any atom is 0.408 e. The minimum Gasteiger partial charge on any atom is -0.445 e. The number of nitrogens with zero attached hydrogens (tertiary/aromatic N) is 3. The molecule has 3 fully saturated rings. The summed E-state index contributed by atoms with van der Waals surface area (Å²) in [6, 6.07) is 42.6. The van der Waals surface area contributed by atoms with Crippen molar-refractivity contribution in [3.63, 3.8) is 0 Å². The van der Waals surface area contributed by atoms with E-state index in [0.29, 0.717) is 6.42 Å². The lowest BCUT2D eigenvalue weighted by molar-refractivity contribution is -0.253. The number of piperazine rings is 1. The number of ether oxygens (including phenoxy) is 3. The molecule has 0 aliphatic carbocycles. The van der Waals surface area contributed by atoms with E-state index in [2.05, 4.69) is 45.4 Å². The molecule has 3 heterocycles. The van der Waals surface area contributed by atoms with Gasteiger partial charge in [0.15, 0.2) is 6.29 Å². The first-order chi connectivity index (χ1) is 28.9. The maximum absolute atomic E-state index is 13.4. The van der Waals surface area contributed by atoms with E-state index in [1.54, 1.807) is 0 Å². The standard InChI is InChI=1S/C48H50N4O7/c53-32-35-15-17-38(18-16-35)44-27-41(31-51-25-23-50(24-26-51)29-34-9-3-1-4-10-34)58-47(59-44)39-21-19-37(20-22-39)42-14-8-7-13-40(42)30-52-45(54)28-43(46(52)55)49-48(56)57-33-36-11-5-2-6-12-36/h1-22,41,43-44,47,53H,23-33H2,(H,49,56)/t41-,43?,44+,47+/m1/s1. The second-order valence-corrected chi connectivity index (χ2v) is 15.5. The number of rotatable bonds is 13. The predicted octanol–water partition coefficient (Wildman–Crippen LogP) is 6.76. The van der Waals surface area contributed by atoms with Gasteiger partial charge in [-0.05, 0) is 38.9 Å². The van der Waals surface area contributed by atoms with Gasteiger partial charge in [0.2, 0.25) is 5.91 Å². The number of hydrogen-bond donors (Lipinski definition) is 2. The van der Waals surface area contributed by atoms with Crippen molar-refractivity contribution in [2.45, 2.75) is 63.7 Å². The highest BCUT2D eigenvalue weighted by Gasteiger charge is 2.40. The largest absolute Gasteiger partial charge is 0.445 e. The van der Waals surface area contributed by atoms with Crippen LogP contribution in [0.4, 0.5) is 4.79 Å². The summed E-state index contributed by atoms with van der Waals surface area (Å²) in [6.45, 7) is 5.80. The van der Waals surface area contributed by atoms with Gasteiger partial charge in [0.05, 0.1) is 31.8 Å². The molecule has 59 heavy (non-hydrogen) atoms. The third-order valence-electron chi connectivity index (χ3n) is 11.4. The number of alkyl carbamates (subject to hydrolysis) is 1. The zero-order valence-electron chi connectivity index (χ0n) is 33.0. The minimum atomic E-state index is -0.989. The Bertz CT molecular complexity index is 2180. The fourth-order valence-corrected chi connectivity index (χ4v) is 8.09. The number of hydrogen-bond acceptors (Lipinski definition) is 9. The number of benzene rings is 5. The molecule has 8 rings (SSSR count). The highest BCUT2D eigenvalue weighted by atomic mass is 16.7. The van der Waals surface area contributed by atoms with Gasteiger partial charge in [0.1, 0.15) is 12.6 Å². The third-order valence-corrected chi connectivity index (χ3v) is 11.4. The lowest BCUT2D eigenvalue weighted by atomic mass is 9.97. The number of imide groups is 1. The molecular formula is C48H50N4O7. The molecule has 11 heteroatoms. The molecule has 5 aromatic rings. The van der Waals surface area contributed by atoms with Crippen LogP contribution in [0, 0.1) is 0 Å². The van der Waals surface area contributed by atoms with Gasteiger partial charge in [-0.15, -0.1) is 0 Å². The molecule has 2 N–H and O–H groups in total. The first-order valence-electron chi connectivity index (χ1n) is 20.4. The summed E-state index contributed by atoms with van der Waals surface area (Å²) in [5, 5.41) is 12.2. The normalized spacial score (nSPS) is 21.4. The van der Waals surface area contributed by atoms with Gasteiger partial charge in [-0.3, -0.25) is 24.3 Å². The van der Waals surface area contributed by atoms with Crippen molar-refractivity contribution in [1.82, 2.24) is 20.0 Å². The van der Waals surface area contributed by atoms with Crippen LogP contribution in [0.2, 0.25) is 0 Å². The van der Waals surface area contributed by atoms with E-state index in [1.165, 1.54) is 10.5 Å². The van der Waals surface area contributed by atoms with Crippen LogP contribution in [0.1, 0.15) is 58.6 Å². The molecule has 0 saturated carbocycles. The zero-order chi connectivity index (χ0) is 40.6. The Labute approximate surface area is 345 Å². The number of nitrogens with one attached hydrogen (secondary N) is 1. The Hall–Kier alpha value is -5.69. The van der Waals surface area contributed by atoms with E-state index in [1.807, 2.05) is 103 Å². The van der Waals surface area contributed by atoms with Crippen molar-refractivity contribution in [3.8, 4) is 11.1 Å². The van der Waals surface area contributed by atoms with E-state index in [9.17, 15) is 19.5 Å². The van der Waals surface area contributed by atoms with E-state index >= 15 is 0 Å². The Kier molecular flexibility index (Phi) is 12.9. The summed E-state index contributed by atoms with van der Waals surface area (Å²) >= 11 is 0. The van der Waals surface area contributed by atoms with E-state index in [4.69, 9.17) is 14.2 Å². The van der Waals surface area contributed by atoms with Crippen LogP contribution in [0.3, 0.4) is 0 Å². The maximum atomic E-state index is 13.4. The molecule has 3 saturated heterocycles. The monoisotopic (exact) mass is 794 g/mol. The number of carbonyl (C=O) groups excluding carboxylic acids is 3. The van der Waals surface area contributed by atoms with Crippen molar-refractivity contribution in [3.05, 3.63) is 167 Å². The van der Waals surface area contributed by atoms with E-state index in [-0.39, 0.29) is 44.3 Å². The van der Waals surface area contributed by atoms with Crippen LogP contribution in [-0.4, -0.2) is 82.6 Å². The Morgan fingerprint density at radius 1 is 0.695 bits per heavy atom. The molecule has 304 valence electrons. The molecule has 4 atom stereocenters. The Morgan fingerprint density at radius 3 is 2.05 bits per heavy atom. The summed E-state index contributed by atoms with van der Waals surface area (Å²) in [7, 11) is 0. The van der Waals surface area contributed by atoms with Crippen molar-refractivity contribution in [2.75, 3.05) is 32.7 Å². The molecule has 0 spiro atoms. The molecule has 5 aromatic carbocycles. The fourth-order valence-electron chi connectivity index (χ4n) is 8.09. The number of likely N-dealkylation sites (tertiary alicyclic amines) is 1. The van der Waals surface area contributed by atoms with E-state index in [0.717, 1.165) is 78.2 Å². The average Bonchev–Trinajstić information content (AvgIpc) is 3.54. The van der Waals surface area contributed by atoms with Crippen LogP contribution in [0.5, 0.6) is 0 Å². The fraction of sp³-hybridized carbons (Fsp3) is 0.312. The summed E-state index contributed by atoms with van der Waals surface area (Å²) in [4.78, 5) is 45.2. The number of amides is 3. The smallest absolute Gasteiger partial charge is 0.408 e. The van der Waals surface area contributed by atoms with Crippen molar-refractivity contribution in [1.29, 1.82) is 0 Å². The topological polar surface area (TPSA) is 121 Å². The zero-order valence-corrected chi connectivity index (χ0v) is 33.0. The average molecular weight is 795 g/mol. The van der Waals surface area contributed by atoms with Crippen LogP contribution in [0.15, 0.2) is 133 Å². The van der Waals surface area contributed by atoms with Gasteiger partial charge in [-0.2, -0.15) is 0 Å². The molecule has 3 amide bonds. The molecule has 0 radical (unpaired) electrons. The van der Waals surface area contributed by atoms with Crippen molar-refractivity contribution < 1.29 is 33.7 Å². The summed E-state index contributed by atoms with van der Waals surface area (Å²) in [5.74, 6) is -0.822. The second kappa shape index (κ2) is 18.9. The third kappa shape index (κ3) is 10.1. The molecule has 3 aliphatic rings. The van der Waals surface area contributed by atoms with Gasteiger partial charge in [-0.25, -0.2) is 4.79 Å². The Balaban J connectivity index is 0.923. The van der Waals surface area contributed by atoms with Crippen LogP contribution in [0.25, 0.3) is 11.1 Å². The Morgan fingerprint density at radius 2 is 1.34 bits per heavy atom. The van der Waals surface area contributed by atoms with Crippen molar-refractivity contribution >= 4 is 17.9 Å². The molecule has 11 nitrogen and oxygen atoms in total. The molecule has 3 aliphatic heterocycles. The lowest BCUT2D eigenvalue weighted by Gasteiger charge is -2.40. The predicted molar refractivity (Wildman–Crippen MR) is 222 cm³/mol. The van der Waals surface area contributed by atoms with Crippen LogP contribution < -0.4 is 5.32 Å². The lowest BCUT2D eigenvalue weighted by Crippen LogP contribution is -2.49. The molecule has 0 aromatic heterocycles. The number of aliphatic hydroxyl groups excluding tert-OH is 1. The first-order valence-corrected chi connectivity index (χ1v) is 20.4. The molecule has 0 bridgehead atoms. The summed E-state index contributed by atoms with van der Waals surface area (Å²) < 4.78 is 18.7. The number of aliphatic hydroxyl groups is 1. The highest BCUT2D eigenvalue weighted by molar-refractivity contribution is 6.06. The minimum absolute atomic E-state index is 0.0136. The second-order valence-electron chi connectivity index (χ2n) is 15.5. The van der Waals surface area contributed by atoms with Crippen LogP contribution in [-0.2, 0) is 50.1 Å². The molecule has 1 unspecified atom stereocenters. The van der Waals surface area contributed by atoms with Crippen molar-refractivity contribution in [2.24, 2.45) is 0 Å². The van der Waals surface area contributed by atoms with E-state index < -0.39 is 24.3 Å².